The largest absolute Gasteiger partial charge is 0.497 e. The minimum absolute atomic E-state index is 0.392. The summed E-state index contributed by atoms with van der Waals surface area (Å²) in [6.07, 6.45) is 5.44. The van der Waals surface area contributed by atoms with Crippen LogP contribution in [0.3, 0.4) is 0 Å². The van der Waals surface area contributed by atoms with Gasteiger partial charge in [0.2, 0.25) is 0 Å². The lowest BCUT2D eigenvalue weighted by molar-refractivity contribution is 0.00578. The summed E-state index contributed by atoms with van der Waals surface area (Å²) in [6.45, 7) is 7.97. The zero-order chi connectivity index (χ0) is 13.6. The van der Waals surface area contributed by atoms with Crippen molar-refractivity contribution in [1.29, 1.82) is 0 Å². The Bertz CT molecular complexity index is 504. The molecule has 0 amide bonds. The van der Waals surface area contributed by atoms with Gasteiger partial charge in [-0.3, -0.25) is 0 Å². The van der Waals surface area contributed by atoms with Gasteiger partial charge in [-0.25, -0.2) is 4.98 Å². The summed E-state index contributed by atoms with van der Waals surface area (Å²) in [5.41, 5.74) is 6.03. The molecule has 1 aromatic heterocycles. The molecule has 2 N–H and O–H groups in total. The van der Waals surface area contributed by atoms with Crippen molar-refractivity contribution in [3.63, 3.8) is 0 Å². The van der Waals surface area contributed by atoms with Gasteiger partial charge in [0.25, 0.3) is 0 Å². The van der Waals surface area contributed by atoms with E-state index in [0.717, 1.165) is 5.46 Å². The lowest BCUT2D eigenvalue weighted by Crippen LogP contribution is -2.41. The predicted octanol–water partition coefficient (Wildman–Crippen LogP) is 0.944. The molecule has 18 heavy (non-hydrogen) atoms. The molecule has 1 aliphatic heterocycles. The minimum atomic E-state index is -0.505. The van der Waals surface area contributed by atoms with Crippen LogP contribution in [-0.4, -0.2) is 23.3 Å². The summed E-state index contributed by atoms with van der Waals surface area (Å²) in [5, 5.41) is 0. The number of aromatic nitrogens is 1. The average Bonchev–Trinajstić information content (AvgIpc) is 2.47. The van der Waals surface area contributed by atoms with Crippen LogP contribution in [0.25, 0.3) is 0 Å². The molecule has 94 valence electrons. The fourth-order valence-corrected chi connectivity index (χ4v) is 1.76. The summed E-state index contributed by atoms with van der Waals surface area (Å²) in [7, 11) is -0.505. The maximum Gasteiger partial charge on any atom is 0.497 e. The zero-order valence-corrected chi connectivity index (χ0v) is 11.2. The van der Waals surface area contributed by atoms with Crippen LogP contribution in [0.15, 0.2) is 12.1 Å². The summed E-state index contributed by atoms with van der Waals surface area (Å²) < 4.78 is 11.9. The van der Waals surface area contributed by atoms with Crippen molar-refractivity contribution in [2.75, 3.05) is 5.73 Å². The standard InChI is InChI=1S/C13H17BN2O2/c1-6-10-9(7-8-11(15)16-10)14-17-12(2,3)13(4,5)18-14/h1,7-8H,2-5H3,(H2,15,16). The van der Waals surface area contributed by atoms with Crippen molar-refractivity contribution in [3.05, 3.63) is 17.8 Å². The second kappa shape index (κ2) is 4.01. The first kappa shape index (κ1) is 12.9. The van der Waals surface area contributed by atoms with E-state index in [0.29, 0.717) is 11.5 Å². The van der Waals surface area contributed by atoms with E-state index in [1.807, 2.05) is 27.7 Å². The highest BCUT2D eigenvalue weighted by Gasteiger charge is 2.52. The second-order valence-electron chi connectivity index (χ2n) is 5.41. The van der Waals surface area contributed by atoms with Gasteiger partial charge in [-0.05, 0) is 33.8 Å². The summed E-state index contributed by atoms with van der Waals surface area (Å²) >= 11 is 0. The lowest BCUT2D eigenvalue weighted by Gasteiger charge is -2.32. The van der Waals surface area contributed by atoms with Crippen LogP contribution in [0.4, 0.5) is 5.82 Å². The summed E-state index contributed by atoms with van der Waals surface area (Å²) in [6, 6.07) is 3.50. The van der Waals surface area contributed by atoms with Gasteiger partial charge in [-0.15, -0.1) is 6.42 Å². The van der Waals surface area contributed by atoms with Crippen molar-refractivity contribution in [1.82, 2.24) is 4.98 Å². The van der Waals surface area contributed by atoms with Gasteiger partial charge in [0.05, 0.1) is 11.2 Å². The highest BCUT2D eigenvalue weighted by Crippen LogP contribution is 2.36. The number of hydrogen-bond acceptors (Lipinski definition) is 4. The van der Waals surface area contributed by atoms with Crippen LogP contribution in [-0.2, 0) is 9.31 Å². The number of nitrogens with two attached hydrogens (primary N) is 1. The first-order valence-corrected chi connectivity index (χ1v) is 5.85. The van der Waals surface area contributed by atoms with Crippen LogP contribution in [0, 0.1) is 12.3 Å². The summed E-state index contributed by atoms with van der Waals surface area (Å²) in [5.74, 6) is 2.91. The predicted molar refractivity (Wildman–Crippen MR) is 72.3 cm³/mol. The molecule has 0 bridgehead atoms. The van der Waals surface area contributed by atoms with Gasteiger partial charge in [0.1, 0.15) is 11.5 Å². The first-order valence-electron chi connectivity index (χ1n) is 5.85. The molecule has 0 atom stereocenters. The topological polar surface area (TPSA) is 57.4 Å². The van der Waals surface area contributed by atoms with E-state index in [2.05, 4.69) is 10.9 Å². The monoisotopic (exact) mass is 244 g/mol. The zero-order valence-electron chi connectivity index (χ0n) is 11.2. The molecule has 1 aliphatic rings. The number of pyridine rings is 1. The number of anilines is 1. The maximum atomic E-state index is 5.93. The molecule has 1 aromatic rings. The normalized spacial score (nSPS) is 20.7. The molecule has 0 spiro atoms. The van der Waals surface area contributed by atoms with Crippen LogP contribution in [0.2, 0.25) is 0 Å². The Morgan fingerprint density at radius 2 is 1.78 bits per heavy atom. The highest BCUT2D eigenvalue weighted by molar-refractivity contribution is 6.62. The van der Waals surface area contributed by atoms with E-state index in [9.17, 15) is 0 Å². The van der Waals surface area contributed by atoms with E-state index in [1.165, 1.54) is 0 Å². The van der Waals surface area contributed by atoms with Crippen molar-refractivity contribution < 1.29 is 9.31 Å². The summed E-state index contributed by atoms with van der Waals surface area (Å²) in [4.78, 5) is 4.11. The van der Waals surface area contributed by atoms with Gasteiger partial charge in [0.15, 0.2) is 0 Å². The number of hydrogen-bond donors (Lipinski definition) is 1. The van der Waals surface area contributed by atoms with E-state index in [4.69, 9.17) is 21.5 Å². The molecule has 4 nitrogen and oxygen atoms in total. The second-order valence-corrected chi connectivity index (χ2v) is 5.41. The Hall–Kier alpha value is -1.51. The molecule has 5 heteroatoms. The third kappa shape index (κ3) is 1.98. The minimum Gasteiger partial charge on any atom is -0.399 e. The third-order valence-corrected chi connectivity index (χ3v) is 3.59. The molecule has 1 fully saturated rings. The van der Waals surface area contributed by atoms with E-state index < -0.39 is 18.3 Å². The third-order valence-electron chi connectivity index (χ3n) is 3.59. The van der Waals surface area contributed by atoms with E-state index >= 15 is 0 Å². The highest BCUT2D eigenvalue weighted by atomic mass is 16.7. The lowest BCUT2D eigenvalue weighted by atomic mass is 9.78. The number of nitrogens with zero attached hydrogens (tertiary/aromatic N) is 1. The molecule has 0 aromatic carbocycles. The maximum absolute atomic E-state index is 5.93. The van der Waals surface area contributed by atoms with E-state index in [1.54, 1.807) is 12.1 Å². The van der Waals surface area contributed by atoms with Crippen molar-refractivity contribution in [2.45, 2.75) is 38.9 Å². The first-order chi connectivity index (χ1) is 8.27. The Morgan fingerprint density at radius 3 is 2.28 bits per heavy atom. The Morgan fingerprint density at radius 1 is 1.22 bits per heavy atom. The molecule has 2 heterocycles. The molecule has 0 unspecified atom stereocenters. The average molecular weight is 244 g/mol. The molecular formula is C13H17BN2O2. The molecule has 1 saturated heterocycles. The van der Waals surface area contributed by atoms with Gasteiger partial charge < -0.3 is 15.0 Å². The smallest absolute Gasteiger partial charge is 0.399 e. The Kier molecular flexibility index (Phi) is 2.88. The molecule has 0 aliphatic carbocycles. The van der Waals surface area contributed by atoms with Crippen molar-refractivity contribution in [3.8, 4) is 12.3 Å². The molecular weight excluding hydrogens is 227 g/mol. The molecule has 2 rings (SSSR count). The van der Waals surface area contributed by atoms with Crippen LogP contribution in [0.1, 0.15) is 33.4 Å². The van der Waals surface area contributed by atoms with Crippen molar-refractivity contribution in [2.24, 2.45) is 0 Å². The van der Waals surface area contributed by atoms with Crippen LogP contribution < -0.4 is 11.2 Å². The quantitative estimate of drug-likeness (QED) is 0.590. The van der Waals surface area contributed by atoms with Crippen molar-refractivity contribution >= 4 is 18.4 Å². The van der Waals surface area contributed by atoms with Crippen LogP contribution in [0.5, 0.6) is 0 Å². The van der Waals surface area contributed by atoms with Crippen LogP contribution >= 0.6 is 0 Å². The van der Waals surface area contributed by atoms with Gasteiger partial charge in [0, 0.05) is 5.46 Å². The van der Waals surface area contributed by atoms with Gasteiger partial charge >= 0.3 is 7.12 Å². The Balaban J connectivity index is 2.39. The fraction of sp³-hybridized carbons (Fsp3) is 0.462. The molecule has 0 saturated carbocycles. The van der Waals surface area contributed by atoms with E-state index in [-0.39, 0.29) is 0 Å². The van der Waals surface area contributed by atoms with Gasteiger partial charge in [-0.1, -0.05) is 12.0 Å². The number of rotatable bonds is 1. The molecule has 0 radical (unpaired) electrons. The Labute approximate surface area is 108 Å². The van der Waals surface area contributed by atoms with Gasteiger partial charge in [-0.2, -0.15) is 0 Å². The SMILES string of the molecule is C#Cc1nc(N)ccc1B1OC(C)(C)C(C)(C)O1. The fourth-order valence-electron chi connectivity index (χ4n) is 1.76. The number of terminal acetylenes is 1. The number of nitrogen functional groups attached to an aromatic ring is 1.